The van der Waals surface area contributed by atoms with Crippen LogP contribution >= 0.6 is 23.2 Å². The minimum Gasteiger partial charge on any atom is -0.326 e. The number of nitrogens with one attached hydrogen (secondary N) is 1. The first kappa shape index (κ1) is 17.8. The van der Waals surface area contributed by atoms with Crippen LogP contribution in [0.1, 0.15) is 18.9 Å². The summed E-state index contributed by atoms with van der Waals surface area (Å²) in [6.45, 7) is 2.37. The Bertz CT molecular complexity index is 823. The van der Waals surface area contributed by atoms with Crippen LogP contribution < -0.4 is 10.2 Å². The number of halogens is 2. The summed E-state index contributed by atoms with van der Waals surface area (Å²) in [5.74, 6) is -0.633. The molecule has 3 rings (SSSR count). The number of rotatable bonds is 4. The number of para-hydroxylation sites is 1. The van der Waals surface area contributed by atoms with E-state index in [9.17, 15) is 9.59 Å². The van der Waals surface area contributed by atoms with Crippen molar-refractivity contribution in [1.82, 2.24) is 0 Å². The summed E-state index contributed by atoms with van der Waals surface area (Å²) in [4.78, 5) is 26.5. The Labute approximate surface area is 156 Å². The van der Waals surface area contributed by atoms with Gasteiger partial charge in [-0.25, -0.2) is 0 Å². The Morgan fingerprint density at radius 3 is 2.68 bits per heavy atom. The number of nitrogens with zero attached hydrogens (tertiary/aromatic N) is 1. The molecule has 0 saturated carbocycles. The van der Waals surface area contributed by atoms with Crippen LogP contribution in [0.2, 0.25) is 10.0 Å². The number of hydrogen-bond acceptors (Lipinski definition) is 2. The number of amides is 2. The van der Waals surface area contributed by atoms with E-state index >= 15 is 0 Å². The zero-order chi connectivity index (χ0) is 18.0. The van der Waals surface area contributed by atoms with E-state index < -0.39 is 5.92 Å². The molecule has 2 aromatic carbocycles. The highest BCUT2D eigenvalue weighted by atomic mass is 35.5. The summed E-state index contributed by atoms with van der Waals surface area (Å²) in [6, 6.07) is 12.7. The van der Waals surface area contributed by atoms with Crippen LogP contribution in [0.3, 0.4) is 0 Å². The van der Waals surface area contributed by atoms with Gasteiger partial charge in [0.1, 0.15) is 0 Å². The van der Waals surface area contributed by atoms with Gasteiger partial charge in [0.05, 0.1) is 16.0 Å². The third-order valence-electron chi connectivity index (χ3n) is 4.37. The first-order chi connectivity index (χ1) is 12.0. The van der Waals surface area contributed by atoms with E-state index in [0.29, 0.717) is 22.3 Å². The van der Waals surface area contributed by atoms with E-state index in [1.165, 1.54) is 0 Å². The van der Waals surface area contributed by atoms with Crippen LogP contribution in [0.5, 0.6) is 0 Å². The lowest BCUT2D eigenvalue weighted by Crippen LogP contribution is -2.28. The van der Waals surface area contributed by atoms with Crippen LogP contribution in [-0.4, -0.2) is 18.4 Å². The summed E-state index contributed by atoms with van der Waals surface area (Å²) in [5.41, 5.74) is 2.53. The van der Waals surface area contributed by atoms with Gasteiger partial charge in [-0.15, -0.1) is 0 Å². The molecule has 0 aromatic heterocycles. The first-order valence-electron chi connectivity index (χ1n) is 8.13. The molecular weight excluding hydrogens is 359 g/mol. The van der Waals surface area contributed by atoms with Crippen molar-refractivity contribution in [1.29, 1.82) is 0 Å². The SMILES string of the molecule is CCc1ccccc1NC(=O)C1CC(=O)N(c2ccc(Cl)c(Cl)c2)C1. The van der Waals surface area contributed by atoms with Gasteiger partial charge in [0.2, 0.25) is 11.8 Å². The normalized spacial score (nSPS) is 17.0. The Kier molecular flexibility index (Phi) is 5.30. The van der Waals surface area contributed by atoms with Gasteiger partial charge in [-0.05, 0) is 36.2 Å². The van der Waals surface area contributed by atoms with Crippen LogP contribution in [0.4, 0.5) is 11.4 Å². The second-order valence-electron chi connectivity index (χ2n) is 6.00. The van der Waals surface area contributed by atoms with Crippen molar-refractivity contribution >= 4 is 46.4 Å². The molecule has 1 fully saturated rings. The lowest BCUT2D eigenvalue weighted by atomic mass is 10.1. The monoisotopic (exact) mass is 376 g/mol. The maximum absolute atomic E-state index is 12.6. The standard InChI is InChI=1S/C19H18Cl2N2O2/c1-2-12-5-3-4-6-17(12)22-19(25)13-9-18(24)23(11-13)14-7-8-15(20)16(21)10-14/h3-8,10,13H,2,9,11H2,1H3,(H,22,25). The van der Waals surface area contributed by atoms with Crippen molar-refractivity contribution in [3.05, 3.63) is 58.1 Å². The minimum atomic E-state index is -0.396. The lowest BCUT2D eigenvalue weighted by Gasteiger charge is -2.17. The van der Waals surface area contributed by atoms with E-state index in [1.807, 2.05) is 31.2 Å². The fourth-order valence-corrected chi connectivity index (χ4v) is 3.26. The second-order valence-corrected chi connectivity index (χ2v) is 6.82. The van der Waals surface area contributed by atoms with Gasteiger partial charge < -0.3 is 10.2 Å². The minimum absolute atomic E-state index is 0.0951. The Balaban J connectivity index is 1.73. The summed E-state index contributed by atoms with van der Waals surface area (Å²) in [7, 11) is 0. The molecule has 1 saturated heterocycles. The molecule has 2 aromatic rings. The summed E-state index contributed by atoms with van der Waals surface area (Å²) in [6.07, 6.45) is 1.01. The van der Waals surface area contributed by atoms with Gasteiger partial charge >= 0.3 is 0 Å². The highest BCUT2D eigenvalue weighted by Crippen LogP contribution is 2.31. The number of benzene rings is 2. The van der Waals surface area contributed by atoms with Gasteiger partial charge in [0, 0.05) is 24.3 Å². The van der Waals surface area contributed by atoms with Gasteiger partial charge in [-0.3, -0.25) is 9.59 Å². The molecule has 4 nitrogen and oxygen atoms in total. The summed E-state index contributed by atoms with van der Waals surface area (Å²) < 4.78 is 0. The van der Waals surface area contributed by atoms with E-state index in [-0.39, 0.29) is 18.2 Å². The molecule has 1 aliphatic rings. The van der Waals surface area contributed by atoms with Crippen molar-refractivity contribution < 1.29 is 9.59 Å². The molecule has 2 amide bonds. The Morgan fingerprint density at radius 2 is 1.96 bits per heavy atom. The first-order valence-corrected chi connectivity index (χ1v) is 8.89. The third-order valence-corrected chi connectivity index (χ3v) is 5.11. The molecule has 0 spiro atoms. The maximum Gasteiger partial charge on any atom is 0.229 e. The van der Waals surface area contributed by atoms with E-state index in [1.54, 1.807) is 23.1 Å². The van der Waals surface area contributed by atoms with Crippen LogP contribution in [-0.2, 0) is 16.0 Å². The van der Waals surface area contributed by atoms with Gasteiger partial charge in [0.25, 0.3) is 0 Å². The largest absolute Gasteiger partial charge is 0.326 e. The summed E-state index contributed by atoms with van der Waals surface area (Å²) in [5, 5.41) is 3.77. The zero-order valence-electron chi connectivity index (χ0n) is 13.8. The predicted octanol–water partition coefficient (Wildman–Crippen LogP) is 4.55. The lowest BCUT2D eigenvalue weighted by molar-refractivity contribution is -0.122. The number of carbonyl (C=O) groups is 2. The fraction of sp³-hybridized carbons (Fsp3) is 0.263. The second kappa shape index (κ2) is 7.46. The molecule has 1 unspecified atom stereocenters. The van der Waals surface area contributed by atoms with Gasteiger partial charge in [-0.2, -0.15) is 0 Å². The van der Waals surface area contributed by atoms with Crippen molar-refractivity contribution in [3.63, 3.8) is 0 Å². The Hall–Kier alpha value is -2.04. The molecule has 25 heavy (non-hydrogen) atoms. The van der Waals surface area contributed by atoms with Crippen molar-refractivity contribution in [3.8, 4) is 0 Å². The van der Waals surface area contributed by atoms with Gasteiger partial charge in [0.15, 0.2) is 0 Å². The molecule has 0 bridgehead atoms. The highest BCUT2D eigenvalue weighted by Gasteiger charge is 2.35. The summed E-state index contributed by atoms with van der Waals surface area (Å²) >= 11 is 12.0. The maximum atomic E-state index is 12.6. The molecule has 0 radical (unpaired) electrons. The molecule has 1 atom stereocenters. The zero-order valence-corrected chi connectivity index (χ0v) is 15.3. The number of hydrogen-bond donors (Lipinski definition) is 1. The van der Waals surface area contributed by atoms with Crippen molar-refractivity contribution in [2.45, 2.75) is 19.8 Å². The molecule has 6 heteroatoms. The van der Waals surface area contributed by atoms with Crippen LogP contribution in [0.15, 0.2) is 42.5 Å². The molecular formula is C19H18Cl2N2O2. The molecule has 0 aliphatic carbocycles. The molecule has 1 N–H and O–H groups in total. The molecule has 1 aliphatic heterocycles. The van der Waals surface area contributed by atoms with Crippen molar-refractivity contribution in [2.75, 3.05) is 16.8 Å². The smallest absolute Gasteiger partial charge is 0.229 e. The predicted molar refractivity (Wildman–Crippen MR) is 101 cm³/mol. The third kappa shape index (κ3) is 3.80. The highest BCUT2D eigenvalue weighted by molar-refractivity contribution is 6.42. The quantitative estimate of drug-likeness (QED) is 0.850. The fourth-order valence-electron chi connectivity index (χ4n) is 2.97. The Morgan fingerprint density at radius 1 is 1.20 bits per heavy atom. The average Bonchev–Trinajstić information content (AvgIpc) is 3.00. The van der Waals surface area contributed by atoms with Crippen LogP contribution in [0, 0.1) is 5.92 Å². The average molecular weight is 377 g/mol. The number of carbonyl (C=O) groups excluding carboxylic acids is 2. The van der Waals surface area contributed by atoms with E-state index in [2.05, 4.69) is 5.32 Å². The van der Waals surface area contributed by atoms with Gasteiger partial charge in [-0.1, -0.05) is 48.3 Å². The van der Waals surface area contributed by atoms with Crippen LogP contribution in [0.25, 0.3) is 0 Å². The number of aryl methyl sites for hydroxylation is 1. The van der Waals surface area contributed by atoms with E-state index in [0.717, 1.165) is 17.7 Å². The number of anilines is 2. The van der Waals surface area contributed by atoms with Crippen molar-refractivity contribution in [2.24, 2.45) is 5.92 Å². The molecule has 130 valence electrons. The topological polar surface area (TPSA) is 49.4 Å². The molecule has 1 heterocycles. The van der Waals surface area contributed by atoms with E-state index in [4.69, 9.17) is 23.2 Å².